The molecule has 0 aliphatic carbocycles. The molecule has 0 amide bonds. The van der Waals surface area contributed by atoms with E-state index < -0.39 is 0 Å². The predicted molar refractivity (Wildman–Crippen MR) is 113 cm³/mol. The van der Waals surface area contributed by atoms with Gasteiger partial charge in [0.25, 0.3) is 0 Å². The van der Waals surface area contributed by atoms with Gasteiger partial charge in [0, 0.05) is 16.2 Å². The maximum Gasteiger partial charge on any atom is 0.0541 e. The van der Waals surface area contributed by atoms with Gasteiger partial charge in [-0.1, -0.05) is 85.5 Å². The molecule has 0 saturated heterocycles. The summed E-state index contributed by atoms with van der Waals surface area (Å²) in [5.74, 6) is 0. The molecule has 0 unspecified atom stereocenters. The number of para-hydroxylation sites is 2. The van der Waals surface area contributed by atoms with Crippen molar-refractivity contribution < 1.29 is 0 Å². The first-order valence-electron chi connectivity index (χ1n) is 8.88. The lowest BCUT2D eigenvalue weighted by atomic mass is 10.0. The Balaban J connectivity index is 2.17. The zero-order chi connectivity index (χ0) is 17.9. The standard InChI is InChI=1S/C25H21N/c1-3-12-23-20(4-2)22-16-9-11-18-25(22)26(23)24-17-10-8-15-21(24)19-13-6-5-7-14-19/h3-18H,1H2,2H3/b20-4-,23-12+. The third-order valence-corrected chi connectivity index (χ3v) is 4.75. The van der Waals surface area contributed by atoms with E-state index in [0.717, 1.165) is 5.35 Å². The monoisotopic (exact) mass is 335 g/mol. The molecule has 1 nitrogen and oxygen atoms in total. The van der Waals surface area contributed by atoms with Crippen LogP contribution in [0.5, 0.6) is 0 Å². The zero-order valence-corrected chi connectivity index (χ0v) is 14.9. The molecule has 0 aliphatic heterocycles. The van der Waals surface area contributed by atoms with Crippen molar-refractivity contribution in [1.29, 1.82) is 0 Å². The van der Waals surface area contributed by atoms with Crippen molar-refractivity contribution in [1.82, 2.24) is 4.57 Å². The predicted octanol–water partition coefficient (Wildman–Crippen LogP) is 5.06. The summed E-state index contributed by atoms with van der Waals surface area (Å²) < 4.78 is 2.34. The topological polar surface area (TPSA) is 4.93 Å². The molecule has 3 aromatic carbocycles. The first-order chi connectivity index (χ1) is 12.8. The number of fused-ring (bicyclic) bond motifs is 1. The van der Waals surface area contributed by atoms with Gasteiger partial charge in [-0.05, 0) is 30.7 Å². The van der Waals surface area contributed by atoms with Crippen molar-refractivity contribution in [2.45, 2.75) is 6.92 Å². The van der Waals surface area contributed by atoms with Crippen molar-refractivity contribution in [2.24, 2.45) is 0 Å². The molecule has 0 fully saturated rings. The van der Waals surface area contributed by atoms with E-state index in [1.165, 1.54) is 32.9 Å². The third-order valence-electron chi connectivity index (χ3n) is 4.75. The van der Waals surface area contributed by atoms with Gasteiger partial charge < -0.3 is 4.57 Å². The van der Waals surface area contributed by atoms with E-state index in [2.05, 4.69) is 109 Å². The molecule has 0 N–H and O–H groups in total. The second-order valence-electron chi connectivity index (χ2n) is 6.23. The van der Waals surface area contributed by atoms with Crippen molar-refractivity contribution in [3.05, 3.63) is 102 Å². The summed E-state index contributed by atoms with van der Waals surface area (Å²) in [6.45, 7) is 6.03. The average Bonchev–Trinajstić information content (AvgIpc) is 3.02. The van der Waals surface area contributed by atoms with E-state index >= 15 is 0 Å². The molecule has 0 saturated carbocycles. The molecular formula is C25H21N. The Morgan fingerprint density at radius 3 is 2.27 bits per heavy atom. The molecule has 4 aromatic rings. The average molecular weight is 335 g/mol. The summed E-state index contributed by atoms with van der Waals surface area (Å²) in [6.07, 6.45) is 6.14. The van der Waals surface area contributed by atoms with E-state index in [9.17, 15) is 0 Å². The minimum absolute atomic E-state index is 1.16. The Bertz CT molecular complexity index is 1190. The van der Waals surface area contributed by atoms with Gasteiger partial charge in [-0.3, -0.25) is 0 Å². The van der Waals surface area contributed by atoms with Crippen LogP contribution in [0.25, 0.3) is 39.9 Å². The van der Waals surface area contributed by atoms with Crippen LogP contribution in [0.1, 0.15) is 6.92 Å². The summed E-state index contributed by atoms with van der Waals surface area (Å²) in [5.41, 5.74) is 4.82. The van der Waals surface area contributed by atoms with Crippen LogP contribution in [0.15, 0.2) is 91.5 Å². The maximum atomic E-state index is 3.93. The first-order valence-corrected chi connectivity index (χ1v) is 8.88. The van der Waals surface area contributed by atoms with E-state index in [4.69, 9.17) is 0 Å². The highest BCUT2D eigenvalue weighted by Gasteiger charge is 2.12. The van der Waals surface area contributed by atoms with Crippen LogP contribution >= 0.6 is 0 Å². The highest BCUT2D eigenvalue weighted by atomic mass is 15.0. The lowest BCUT2D eigenvalue weighted by Crippen LogP contribution is -2.28. The molecule has 0 radical (unpaired) electrons. The Kier molecular flexibility index (Phi) is 4.28. The summed E-state index contributed by atoms with van der Waals surface area (Å²) in [5, 5.41) is 3.65. The number of hydrogen-bond donors (Lipinski definition) is 0. The number of aromatic nitrogens is 1. The smallest absolute Gasteiger partial charge is 0.0541 e. The van der Waals surface area contributed by atoms with Crippen LogP contribution in [0, 0.1) is 0 Å². The summed E-state index contributed by atoms with van der Waals surface area (Å²) in [6, 6.07) is 27.7. The van der Waals surface area contributed by atoms with Crippen LogP contribution in [-0.2, 0) is 0 Å². The van der Waals surface area contributed by atoms with E-state index in [1.54, 1.807) is 0 Å². The maximum absolute atomic E-state index is 3.93. The first kappa shape index (κ1) is 16.2. The molecule has 26 heavy (non-hydrogen) atoms. The Hall–Kier alpha value is -3.32. The Morgan fingerprint density at radius 1 is 0.808 bits per heavy atom. The third kappa shape index (κ3) is 2.58. The van der Waals surface area contributed by atoms with E-state index in [1.807, 2.05) is 6.08 Å². The number of rotatable bonds is 3. The number of nitrogens with zero attached hydrogens (tertiary/aromatic N) is 1. The molecule has 1 heterocycles. The molecule has 1 heteroatoms. The number of benzene rings is 3. The molecule has 4 rings (SSSR count). The number of allylic oxidation sites excluding steroid dienone is 1. The van der Waals surface area contributed by atoms with Crippen LogP contribution in [-0.4, -0.2) is 4.57 Å². The molecule has 0 spiro atoms. The van der Waals surface area contributed by atoms with Crippen LogP contribution < -0.4 is 10.6 Å². The van der Waals surface area contributed by atoms with Gasteiger partial charge in [0.05, 0.1) is 16.6 Å². The summed E-state index contributed by atoms with van der Waals surface area (Å²) >= 11 is 0. The molecule has 0 atom stereocenters. The van der Waals surface area contributed by atoms with Gasteiger partial charge in [-0.25, -0.2) is 0 Å². The fraction of sp³-hybridized carbons (Fsp3) is 0.0400. The SMILES string of the molecule is C=C/C=c1\c(=C/C)c2ccccc2n1-c1ccccc1-c1ccccc1. The molecular weight excluding hydrogens is 314 g/mol. The summed E-state index contributed by atoms with van der Waals surface area (Å²) in [7, 11) is 0. The van der Waals surface area contributed by atoms with Gasteiger partial charge in [-0.15, -0.1) is 0 Å². The normalized spacial score (nSPS) is 12.7. The van der Waals surface area contributed by atoms with Crippen molar-refractivity contribution >= 4 is 23.1 Å². The van der Waals surface area contributed by atoms with Gasteiger partial charge in [0.15, 0.2) is 0 Å². The second kappa shape index (κ2) is 6.89. The fourth-order valence-corrected chi connectivity index (χ4v) is 3.65. The van der Waals surface area contributed by atoms with Crippen molar-refractivity contribution in [3.8, 4) is 16.8 Å². The van der Waals surface area contributed by atoms with Gasteiger partial charge in [-0.2, -0.15) is 0 Å². The number of hydrogen-bond acceptors (Lipinski definition) is 0. The van der Waals surface area contributed by atoms with Gasteiger partial charge in [0.2, 0.25) is 0 Å². The van der Waals surface area contributed by atoms with Gasteiger partial charge >= 0.3 is 0 Å². The molecule has 0 aliphatic rings. The molecule has 1 aromatic heterocycles. The largest absolute Gasteiger partial charge is 0.309 e. The highest BCUT2D eigenvalue weighted by Crippen LogP contribution is 2.27. The Labute approximate surface area is 153 Å². The highest BCUT2D eigenvalue weighted by molar-refractivity contribution is 5.86. The van der Waals surface area contributed by atoms with E-state index in [-0.39, 0.29) is 0 Å². The van der Waals surface area contributed by atoms with Gasteiger partial charge in [0.1, 0.15) is 0 Å². The molecule has 0 bridgehead atoms. The minimum atomic E-state index is 1.16. The minimum Gasteiger partial charge on any atom is -0.309 e. The van der Waals surface area contributed by atoms with E-state index in [0.29, 0.717) is 0 Å². The lowest BCUT2D eigenvalue weighted by molar-refractivity contribution is 1.07. The zero-order valence-electron chi connectivity index (χ0n) is 14.9. The van der Waals surface area contributed by atoms with Crippen molar-refractivity contribution in [3.63, 3.8) is 0 Å². The van der Waals surface area contributed by atoms with Crippen LogP contribution in [0.2, 0.25) is 0 Å². The second-order valence-corrected chi connectivity index (χ2v) is 6.23. The fourth-order valence-electron chi connectivity index (χ4n) is 3.65. The molecule has 126 valence electrons. The van der Waals surface area contributed by atoms with Crippen LogP contribution in [0.4, 0.5) is 0 Å². The Morgan fingerprint density at radius 2 is 1.50 bits per heavy atom. The van der Waals surface area contributed by atoms with Crippen molar-refractivity contribution in [2.75, 3.05) is 0 Å². The summed E-state index contributed by atoms with van der Waals surface area (Å²) in [4.78, 5) is 0. The quantitative estimate of drug-likeness (QED) is 0.493. The van der Waals surface area contributed by atoms with Crippen LogP contribution in [0.3, 0.4) is 0 Å². The lowest BCUT2D eigenvalue weighted by Gasteiger charge is -2.13.